The number of nitrogen functional groups attached to an aromatic ring is 1. The minimum atomic E-state index is -1.32. The average molecular weight is 371 g/mol. The summed E-state index contributed by atoms with van der Waals surface area (Å²) in [5, 5.41) is 29.5. The number of aromatic nitrogens is 4. The van der Waals surface area contributed by atoms with E-state index >= 15 is 0 Å². The lowest BCUT2D eigenvalue weighted by Crippen LogP contribution is -2.33. The van der Waals surface area contributed by atoms with Crippen molar-refractivity contribution >= 4 is 22.8 Å². The third-order valence-corrected chi connectivity index (χ3v) is 4.48. The molecule has 140 valence electrons. The van der Waals surface area contributed by atoms with Gasteiger partial charge in [-0.2, -0.15) is 0 Å². The number of carbonyl (C=O) groups excluding carboxylic acids is 1. The Morgan fingerprint density at radius 2 is 1.93 bits per heavy atom. The number of imidazole rings is 1. The van der Waals surface area contributed by atoms with Gasteiger partial charge in [-0.3, -0.25) is 9.36 Å². The summed E-state index contributed by atoms with van der Waals surface area (Å²) in [6.07, 6.45) is -3.26. The highest BCUT2D eigenvalue weighted by Crippen LogP contribution is 2.32. The number of nitrogens with zero attached hydrogens (tertiary/aromatic N) is 4. The Kier molecular flexibility index (Phi) is 4.32. The summed E-state index contributed by atoms with van der Waals surface area (Å²) in [7, 11) is 0. The smallest absolute Gasteiger partial charge is 0.230 e. The molecule has 10 nitrogen and oxygen atoms in total. The molecule has 1 saturated heterocycles. The van der Waals surface area contributed by atoms with Crippen molar-refractivity contribution in [3.8, 4) is 0 Å². The van der Waals surface area contributed by atoms with Crippen LogP contribution in [-0.2, 0) is 4.74 Å². The lowest BCUT2D eigenvalue weighted by molar-refractivity contribution is -0.0511. The maximum Gasteiger partial charge on any atom is 0.230 e. The molecule has 3 aromatic rings. The third-order valence-electron chi connectivity index (χ3n) is 4.48. The highest BCUT2D eigenvalue weighted by Gasteiger charge is 2.44. The van der Waals surface area contributed by atoms with Crippen molar-refractivity contribution in [1.29, 1.82) is 0 Å². The predicted molar refractivity (Wildman–Crippen MR) is 92.6 cm³/mol. The molecule has 4 rings (SSSR count). The first-order valence-corrected chi connectivity index (χ1v) is 8.23. The van der Waals surface area contributed by atoms with E-state index in [-0.39, 0.29) is 22.8 Å². The van der Waals surface area contributed by atoms with E-state index in [1.807, 2.05) is 0 Å². The van der Waals surface area contributed by atoms with Gasteiger partial charge in [-0.1, -0.05) is 30.3 Å². The van der Waals surface area contributed by atoms with Crippen molar-refractivity contribution in [1.82, 2.24) is 19.5 Å². The molecule has 1 aliphatic rings. The number of benzene rings is 1. The summed E-state index contributed by atoms with van der Waals surface area (Å²) in [4.78, 5) is 25.0. The first-order valence-electron chi connectivity index (χ1n) is 8.23. The van der Waals surface area contributed by atoms with Gasteiger partial charge in [0.1, 0.15) is 23.8 Å². The van der Waals surface area contributed by atoms with Crippen LogP contribution in [0.1, 0.15) is 22.4 Å². The summed E-state index contributed by atoms with van der Waals surface area (Å²) in [5.74, 6) is -0.539. The third kappa shape index (κ3) is 2.84. The van der Waals surface area contributed by atoms with E-state index in [0.29, 0.717) is 5.56 Å². The van der Waals surface area contributed by atoms with Crippen LogP contribution in [0.4, 0.5) is 5.82 Å². The van der Waals surface area contributed by atoms with Crippen LogP contribution < -0.4 is 5.73 Å². The molecule has 1 aliphatic heterocycles. The second kappa shape index (κ2) is 6.67. The van der Waals surface area contributed by atoms with Gasteiger partial charge >= 0.3 is 0 Å². The van der Waals surface area contributed by atoms with Gasteiger partial charge in [0.2, 0.25) is 11.6 Å². The van der Waals surface area contributed by atoms with Gasteiger partial charge in [-0.25, -0.2) is 15.0 Å². The van der Waals surface area contributed by atoms with Crippen molar-refractivity contribution in [3.63, 3.8) is 0 Å². The van der Waals surface area contributed by atoms with E-state index in [2.05, 4.69) is 15.0 Å². The first kappa shape index (κ1) is 17.5. The number of hydrogen-bond donors (Lipinski definition) is 4. The second-order valence-corrected chi connectivity index (χ2v) is 6.18. The van der Waals surface area contributed by atoms with Crippen molar-refractivity contribution in [2.24, 2.45) is 0 Å². The standard InChI is InChI=1S/C17H17N5O5/c18-14-10-16(21-15(20-14)11(24)8-4-2-1-3-5-8)22(7-19-10)17-13(26)12(25)9(6-23)27-17/h1-5,7,9,12-13,17,23,25-26H,6H2,(H2,18,20,21)/t9-,12?,13?,17-/m1/s1. The molecule has 0 radical (unpaired) electrons. The van der Waals surface area contributed by atoms with E-state index in [0.717, 1.165) is 0 Å². The summed E-state index contributed by atoms with van der Waals surface area (Å²) >= 11 is 0. The quantitative estimate of drug-likeness (QED) is 0.433. The van der Waals surface area contributed by atoms with E-state index in [1.165, 1.54) is 10.9 Å². The fourth-order valence-electron chi connectivity index (χ4n) is 3.05. The van der Waals surface area contributed by atoms with Gasteiger partial charge in [-0.15, -0.1) is 0 Å². The predicted octanol–water partition coefficient (Wildman–Crippen LogP) is -0.749. The van der Waals surface area contributed by atoms with Crippen LogP contribution in [-0.4, -0.2) is 65.5 Å². The number of nitrogens with two attached hydrogens (primary N) is 1. The number of hydrogen-bond acceptors (Lipinski definition) is 9. The largest absolute Gasteiger partial charge is 0.394 e. The Hall–Kier alpha value is -2.92. The number of ether oxygens (including phenoxy) is 1. The van der Waals surface area contributed by atoms with Crippen LogP contribution in [0, 0.1) is 0 Å². The molecule has 0 saturated carbocycles. The van der Waals surface area contributed by atoms with Gasteiger partial charge in [0.15, 0.2) is 17.7 Å². The van der Waals surface area contributed by atoms with Crippen molar-refractivity contribution in [3.05, 3.63) is 48.0 Å². The van der Waals surface area contributed by atoms with Crippen LogP contribution in [0.25, 0.3) is 11.2 Å². The van der Waals surface area contributed by atoms with Gasteiger partial charge in [0.25, 0.3) is 0 Å². The number of anilines is 1. The highest BCUT2D eigenvalue weighted by molar-refractivity contribution is 6.07. The Labute approximate surface area is 152 Å². The first-order chi connectivity index (χ1) is 13.0. The molecule has 0 amide bonds. The van der Waals surface area contributed by atoms with Crippen LogP contribution in [0.2, 0.25) is 0 Å². The molecular weight excluding hydrogens is 354 g/mol. The lowest BCUT2D eigenvalue weighted by Gasteiger charge is -2.16. The van der Waals surface area contributed by atoms with Gasteiger partial charge < -0.3 is 25.8 Å². The Morgan fingerprint density at radius 1 is 1.19 bits per heavy atom. The zero-order valence-electron chi connectivity index (χ0n) is 14.0. The zero-order valence-corrected chi connectivity index (χ0v) is 14.0. The fraction of sp³-hybridized carbons (Fsp3) is 0.294. The fourth-order valence-corrected chi connectivity index (χ4v) is 3.05. The minimum Gasteiger partial charge on any atom is -0.394 e. The van der Waals surface area contributed by atoms with E-state index in [4.69, 9.17) is 10.5 Å². The van der Waals surface area contributed by atoms with Crippen LogP contribution in [0.3, 0.4) is 0 Å². The number of aliphatic hydroxyl groups is 3. The molecule has 1 aromatic carbocycles. The number of fused-ring (bicyclic) bond motifs is 1. The maximum atomic E-state index is 12.6. The molecule has 2 aromatic heterocycles. The molecule has 4 atom stereocenters. The summed E-state index contributed by atoms with van der Waals surface area (Å²) < 4.78 is 6.86. The number of ketones is 1. The average Bonchev–Trinajstić information content (AvgIpc) is 3.23. The Balaban J connectivity index is 1.78. The molecule has 10 heteroatoms. The summed E-state index contributed by atoms with van der Waals surface area (Å²) in [6.45, 7) is -0.462. The molecule has 27 heavy (non-hydrogen) atoms. The highest BCUT2D eigenvalue weighted by atomic mass is 16.6. The number of aliphatic hydroxyl groups excluding tert-OH is 3. The molecule has 0 aliphatic carbocycles. The monoisotopic (exact) mass is 371 g/mol. The molecule has 5 N–H and O–H groups in total. The van der Waals surface area contributed by atoms with Crippen molar-refractivity contribution in [2.75, 3.05) is 12.3 Å². The van der Waals surface area contributed by atoms with Crippen LogP contribution >= 0.6 is 0 Å². The molecule has 1 fully saturated rings. The van der Waals surface area contributed by atoms with Crippen LogP contribution in [0.5, 0.6) is 0 Å². The van der Waals surface area contributed by atoms with E-state index in [9.17, 15) is 20.1 Å². The summed E-state index contributed by atoms with van der Waals surface area (Å²) in [5.41, 5.74) is 6.74. The SMILES string of the molecule is Nc1nc(C(=O)c2ccccc2)nc2c1ncn2[C@@H]1O[C@H](CO)C(O)C1O. The van der Waals surface area contributed by atoms with E-state index in [1.54, 1.807) is 30.3 Å². The molecule has 0 bridgehead atoms. The molecular formula is C17H17N5O5. The Bertz CT molecular complexity index is 992. The van der Waals surface area contributed by atoms with Crippen molar-refractivity contribution < 1.29 is 24.9 Å². The Morgan fingerprint density at radius 3 is 2.59 bits per heavy atom. The minimum absolute atomic E-state index is 0.00442. The summed E-state index contributed by atoms with van der Waals surface area (Å²) in [6, 6.07) is 8.49. The number of rotatable bonds is 4. The normalized spacial score (nSPS) is 25.1. The lowest BCUT2D eigenvalue weighted by atomic mass is 10.1. The maximum absolute atomic E-state index is 12.6. The zero-order chi connectivity index (χ0) is 19.1. The molecule has 0 spiro atoms. The van der Waals surface area contributed by atoms with Gasteiger partial charge in [0.05, 0.1) is 12.9 Å². The van der Waals surface area contributed by atoms with E-state index < -0.39 is 36.9 Å². The second-order valence-electron chi connectivity index (χ2n) is 6.18. The molecule has 3 heterocycles. The molecule has 2 unspecified atom stereocenters. The number of carbonyl (C=O) groups is 1. The van der Waals surface area contributed by atoms with Crippen LogP contribution in [0.15, 0.2) is 36.7 Å². The van der Waals surface area contributed by atoms with Gasteiger partial charge in [-0.05, 0) is 0 Å². The topological polar surface area (TPSA) is 157 Å². The van der Waals surface area contributed by atoms with Crippen molar-refractivity contribution in [2.45, 2.75) is 24.5 Å². The van der Waals surface area contributed by atoms with Gasteiger partial charge in [0, 0.05) is 5.56 Å².